The van der Waals surface area contributed by atoms with Crippen LogP contribution in [0.5, 0.6) is 0 Å². The van der Waals surface area contributed by atoms with E-state index in [-0.39, 0.29) is 11.9 Å². The van der Waals surface area contributed by atoms with Gasteiger partial charge in [-0.2, -0.15) is 0 Å². The van der Waals surface area contributed by atoms with Gasteiger partial charge in [0.15, 0.2) is 0 Å². The van der Waals surface area contributed by atoms with Gasteiger partial charge in [0.05, 0.1) is 12.7 Å². The Kier molecular flexibility index (Phi) is 6.75. The number of nitrogens with zero attached hydrogens (tertiary/aromatic N) is 2. The molecular weight excluding hydrogens is 414 g/mol. The van der Waals surface area contributed by atoms with Crippen molar-refractivity contribution < 1.29 is 14.3 Å². The maximum Gasteiger partial charge on any atom is 0.337 e. The average molecular weight is 444 g/mol. The fourth-order valence-corrected chi connectivity index (χ4v) is 4.11. The summed E-state index contributed by atoms with van der Waals surface area (Å²) >= 11 is 0. The van der Waals surface area contributed by atoms with Gasteiger partial charge in [-0.25, -0.2) is 4.79 Å². The molecule has 4 rings (SSSR count). The third-order valence-electron chi connectivity index (χ3n) is 6.15. The van der Waals surface area contributed by atoms with E-state index in [2.05, 4.69) is 41.3 Å². The Labute approximate surface area is 194 Å². The van der Waals surface area contributed by atoms with Crippen LogP contribution in [0.25, 0.3) is 11.1 Å². The van der Waals surface area contributed by atoms with Crippen molar-refractivity contribution in [1.29, 1.82) is 0 Å². The van der Waals surface area contributed by atoms with Gasteiger partial charge < -0.3 is 19.9 Å². The maximum absolute atomic E-state index is 12.7. The zero-order chi connectivity index (χ0) is 23.4. The summed E-state index contributed by atoms with van der Waals surface area (Å²) in [6.07, 6.45) is 1.16. The van der Waals surface area contributed by atoms with Crippen molar-refractivity contribution in [3.05, 3.63) is 83.9 Å². The molecule has 1 aliphatic rings. The SMILES string of the molecule is COC(=O)c1cccc(-c2ccc(C(=O)Nc3ccc(N4CCC(N(C)C)C4)cc3)cc2)c1. The number of rotatable bonds is 6. The summed E-state index contributed by atoms with van der Waals surface area (Å²) in [6.45, 7) is 2.07. The summed E-state index contributed by atoms with van der Waals surface area (Å²) in [6, 6.07) is 23.2. The van der Waals surface area contributed by atoms with E-state index in [4.69, 9.17) is 4.74 Å². The lowest BCUT2D eigenvalue weighted by atomic mass is 10.0. The number of benzene rings is 3. The van der Waals surface area contributed by atoms with Gasteiger partial charge in [0.25, 0.3) is 5.91 Å². The molecule has 1 unspecified atom stereocenters. The summed E-state index contributed by atoms with van der Waals surface area (Å²) in [7, 11) is 5.61. The molecule has 1 N–H and O–H groups in total. The lowest BCUT2D eigenvalue weighted by molar-refractivity contribution is 0.0600. The Morgan fingerprint density at radius 3 is 2.30 bits per heavy atom. The number of carbonyl (C=O) groups excluding carboxylic acids is 2. The van der Waals surface area contributed by atoms with Crippen molar-refractivity contribution in [3.63, 3.8) is 0 Å². The van der Waals surface area contributed by atoms with E-state index in [0.717, 1.165) is 36.3 Å². The molecule has 1 saturated heterocycles. The molecule has 1 fully saturated rings. The number of hydrogen-bond acceptors (Lipinski definition) is 5. The van der Waals surface area contributed by atoms with Gasteiger partial charge in [-0.05, 0) is 80.2 Å². The summed E-state index contributed by atoms with van der Waals surface area (Å²) in [5, 5.41) is 2.97. The smallest absolute Gasteiger partial charge is 0.337 e. The Morgan fingerprint density at radius 2 is 1.67 bits per heavy atom. The minimum absolute atomic E-state index is 0.161. The van der Waals surface area contributed by atoms with Gasteiger partial charge in [0.1, 0.15) is 0 Å². The van der Waals surface area contributed by atoms with Crippen LogP contribution < -0.4 is 10.2 Å². The molecule has 0 aliphatic carbocycles. The predicted octanol–water partition coefficient (Wildman–Crippen LogP) is 4.53. The maximum atomic E-state index is 12.7. The van der Waals surface area contributed by atoms with Crippen molar-refractivity contribution in [2.45, 2.75) is 12.5 Å². The van der Waals surface area contributed by atoms with E-state index < -0.39 is 0 Å². The summed E-state index contributed by atoms with van der Waals surface area (Å²) < 4.78 is 4.79. The number of methoxy groups -OCH3 is 1. The van der Waals surface area contributed by atoms with E-state index >= 15 is 0 Å². The second kappa shape index (κ2) is 9.88. The van der Waals surface area contributed by atoms with Gasteiger partial charge in [-0.3, -0.25) is 4.79 Å². The zero-order valence-corrected chi connectivity index (χ0v) is 19.2. The highest BCUT2D eigenvalue weighted by Crippen LogP contribution is 2.25. The average Bonchev–Trinajstić information content (AvgIpc) is 3.35. The number of carbonyl (C=O) groups is 2. The Hall–Kier alpha value is -3.64. The highest BCUT2D eigenvalue weighted by Gasteiger charge is 2.24. The summed E-state index contributed by atoms with van der Waals surface area (Å²) in [4.78, 5) is 29.1. The first-order chi connectivity index (χ1) is 15.9. The number of hydrogen-bond donors (Lipinski definition) is 1. The molecule has 33 heavy (non-hydrogen) atoms. The van der Waals surface area contributed by atoms with Crippen molar-refractivity contribution in [2.24, 2.45) is 0 Å². The third kappa shape index (κ3) is 5.23. The fraction of sp³-hybridized carbons (Fsp3) is 0.259. The second-order valence-electron chi connectivity index (χ2n) is 8.50. The van der Waals surface area contributed by atoms with Gasteiger partial charge >= 0.3 is 5.97 Å². The normalized spacial score (nSPS) is 15.5. The first-order valence-electron chi connectivity index (χ1n) is 11.1. The molecule has 6 nitrogen and oxygen atoms in total. The lowest BCUT2D eigenvalue weighted by Gasteiger charge is -2.22. The number of likely N-dealkylation sites (N-methyl/N-ethyl adjacent to an activating group) is 1. The van der Waals surface area contributed by atoms with Gasteiger partial charge in [0, 0.05) is 36.1 Å². The van der Waals surface area contributed by atoms with Crippen LogP contribution >= 0.6 is 0 Å². The van der Waals surface area contributed by atoms with E-state index in [9.17, 15) is 9.59 Å². The fourth-order valence-electron chi connectivity index (χ4n) is 4.11. The third-order valence-corrected chi connectivity index (χ3v) is 6.15. The highest BCUT2D eigenvalue weighted by atomic mass is 16.5. The molecule has 0 bridgehead atoms. The molecule has 1 atom stereocenters. The van der Waals surface area contributed by atoms with E-state index in [1.165, 1.54) is 12.8 Å². The molecule has 170 valence electrons. The largest absolute Gasteiger partial charge is 0.465 e. The van der Waals surface area contributed by atoms with Crippen LogP contribution in [0.2, 0.25) is 0 Å². The minimum atomic E-state index is -0.374. The number of amides is 1. The minimum Gasteiger partial charge on any atom is -0.465 e. The van der Waals surface area contributed by atoms with E-state index in [1.54, 1.807) is 24.3 Å². The van der Waals surface area contributed by atoms with E-state index in [0.29, 0.717) is 17.2 Å². The van der Waals surface area contributed by atoms with Crippen molar-refractivity contribution >= 4 is 23.3 Å². The molecule has 1 amide bonds. The Morgan fingerprint density at radius 1 is 0.939 bits per heavy atom. The molecule has 0 saturated carbocycles. The molecular formula is C27H29N3O3. The first kappa shape index (κ1) is 22.6. The monoisotopic (exact) mass is 443 g/mol. The number of nitrogens with one attached hydrogen (secondary N) is 1. The van der Waals surface area contributed by atoms with Crippen molar-refractivity contribution in [2.75, 3.05) is 44.5 Å². The molecule has 0 aromatic heterocycles. The van der Waals surface area contributed by atoms with Gasteiger partial charge in [-0.15, -0.1) is 0 Å². The van der Waals surface area contributed by atoms with Crippen molar-refractivity contribution in [1.82, 2.24) is 4.90 Å². The van der Waals surface area contributed by atoms with Gasteiger partial charge in [0.2, 0.25) is 0 Å². The standard InChI is InChI=1S/C27H29N3O3/c1-29(2)25-15-16-30(18-25)24-13-11-23(12-14-24)28-26(31)20-9-7-19(8-10-20)21-5-4-6-22(17-21)27(32)33-3/h4-14,17,25H,15-16,18H2,1-3H3,(H,28,31). The number of esters is 1. The quantitative estimate of drug-likeness (QED) is 0.567. The van der Waals surface area contributed by atoms with Crippen LogP contribution in [0.4, 0.5) is 11.4 Å². The van der Waals surface area contributed by atoms with Crippen LogP contribution in [-0.4, -0.2) is 57.1 Å². The molecule has 3 aromatic rings. The van der Waals surface area contributed by atoms with E-state index in [1.807, 2.05) is 36.4 Å². The van der Waals surface area contributed by atoms with Crippen LogP contribution in [-0.2, 0) is 4.74 Å². The predicted molar refractivity (Wildman–Crippen MR) is 132 cm³/mol. The van der Waals surface area contributed by atoms with Crippen LogP contribution in [0, 0.1) is 0 Å². The van der Waals surface area contributed by atoms with Gasteiger partial charge in [-0.1, -0.05) is 24.3 Å². The van der Waals surface area contributed by atoms with Crippen LogP contribution in [0.3, 0.4) is 0 Å². The Bertz CT molecular complexity index is 1120. The second-order valence-corrected chi connectivity index (χ2v) is 8.50. The molecule has 3 aromatic carbocycles. The summed E-state index contributed by atoms with van der Waals surface area (Å²) in [5.41, 5.74) is 4.81. The molecule has 6 heteroatoms. The van der Waals surface area contributed by atoms with Crippen LogP contribution in [0.15, 0.2) is 72.8 Å². The molecule has 0 spiro atoms. The topological polar surface area (TPSA) is 61.9 Å². The number of anilines is 2. The lowest BCUT2D eigenvalue weighted by Crippen LogP contribution is -2.31. The number of ether oxygens (including phenoxy) is 1. The Balaban J connectivity index is 1.40. The highest BCUT2D eigenvalue weighted by molar-refractivity contribution is 6.04. The zero-order valence-electron chi connectivity index (χ0n) is 19.2. The molecule has 0 radical (unpaired) electrons. The molecule has 1 heterocycles. The van der Waals surface area contributed by atoms with Crippen LogP contribution in [0.1, 0.15) is 27.1 Å². The first-order valence-corrected chi connectivity index (χ1v) is 11.1. The molecule has 1 aliphatic heterocycles. The summed E-state index contributed by atoms with van der Waals surface area (Å²) in [5.74, 6) is -0.535. The van der Waals surface area contributed by atoms with Crippen molar-refractivity contribution in [3.8, 4) is 11.1 Å².